The molecule has 3 aromatic rings. The summed E-state index contributed by atoms with van der Waals surface area (Å²) in [6.07, 6.45) is 5.34. The average molecular weight is 436 g/mol. The SMILES string of the molecule is Cc1ccc2nc(-c3cccc(O[C@@H]4C[C@@H]5CNC[C@@H]5C[C@H]4O)c3)cn2c1.Cl.Cl. The molecule has 0 bridgehead atoms. The number of pyridine rings is 1. The minimum Gasteiger partial charge on any atom is -0.488 e. The number of aryl methyl sites for hydroxylation is 1. The highest BCUT2D eigenvalue weighted by Gasteiger charge is 2.39. The van der Waals surface area contributed by atoms with Gasteiger partial charge in [-0.05, 0) is 68.5 Å². The van der Waals surface area contributed by atoms with Crippen molar-refractivity contribution >= 4 is 30.5 Å². The monoisotopic (exact) mass is 435 g/mol. The first-order chi connectivity index (χ1) is 13.2. The molecule has 1 aromatic carbocycles. The van der Waals surface area contributed by atoms with Gasteiger partial charge in [-0.1, -0.05) is 18.2 Å². The van der Waals surface area contributed by atoms with Crippen molar-refractivity contribution in [3.63, 3.8) is 0 Å². The van der Waals surface area contributed by atoms with E-state index in [9.17, 15) is 5.11 Å². The van der Waals surface area contributed by atoms with E-state index in [-0.39, 0.29) is 30.9 Å². The zero-order chi connectivity index (χ0) is 18.4. The van der Waals surface area contributed by atoms with E-state index in [4.69, 9.17) is 9.72 Å². The van der Waals surface area contributed by atoms with Crippen molar-refractivity contribution in [2.75, 3.05) is 13.1 Å². The first-order valence-electron chi connectivity index (χ1n) is 9.77. The first kappa shape index (κ1) is 21.9. The van der Waals surface area contributed by atoms with E-state index in [1.807, 2.05) is 30.5 Å². The standard InChI is InChI=1S/C22H25N3O2.2ClH/c1-14-5-6-22-24-19(13-25(22)12-14)15-3-2-4-18(7-15)27-21-9-17-11-23-10-16(17)8-20(21)26;;/h2-7,12-13,16-17,20-21,23,26H,8-11H2,1H3;2*1H/t16-,17+,20+,21+;;/m0../s1. The molecule has 7 heteroatoms. The summed E-state index contributed by atoms with van der Waals surface area (Å²) >= 11 is 0. The summed E-state index contributed by atoms with van der Waals surface area (Å²) in [6.45, 7) is 4.14. The fourth-order valence-electron chi connectivity index (χ4n) is 4.53. The van der Waals surface area contributed by atoms with Gasteiger partial charge in [-0.15, -0.1) is 24.8 Å². The van der Waals surface area contributed by atoms with Gasteiger partial charge < -0.3 is 19.6 Å². The predicted octanol–water partition coefficient (Wildman–Crippen LogP) is 3.89. The molecule has 2 aromatic heterocycles. The maximum atomic E-state index is 10.5. The van der Waals surface area contributed by atoms with Crippen molar-refractivity contribution in [2.24, 2.45) is 11.8 Å². The number of aliphatic hydroxyl groups excluding tert-OH is 1. The van der Waals surface area contributed by atoms with Gasteiger partial charge in [0, 0.05) is 18.0 Å². The molecule has 2 aliphatic rings. The zero-order valence-corrected chi connectivity index (χ0v) is 18.0. The molecule has 2 N–H and O–H groups in total. The van der Waals surface area contributed by atoms with Crippen molar-refractivity contribution in [2.45, 2.75) is 32.0 Å². The van der Waals surface area contributed by atoms with E-state index in [0.717, 1.165) is 48.6 Å². The summed E-state index contributed by atoms with van der Waals surface area (Å²) in [4.78, 5) is 4.72. The molecular formula is C22H27Cl2N3O2. The summed E-state index contributed by atoms with van der Waals surface area (Å²) < 4.78 is 8.27. The average Bonchev–Trinajstić information content (AvgIpc) is 3.28. The Morgan fingerprint density at radius 1 is 1.07 bits per heavy atom. The van der Waals surface area contributed by atoms with Crippen LogP contribution >= 0.6 is 24.8 Å². The lowest BCUT2D eigenvalue weighted by atomic mass is 9.78. The van der Waals surface area contributed by atoms with Crippen LogP contribution in [0.1, 0.15) is 18.4 Å². The van der Waals surface area contributed by atoms with Gasteiger partial charge in [0.25, 0.3) is 0 Å². The largest absolute Gasteiger partial charge is 0.488 e. The number of ether oxygens (including phenoxy) is 1. The summed E-state index contributed by atoms with van der Waals surface area (Å²) in [5.74, 6) is 2.00. The van der Waals surface area contributed by atoms with Crippen molar-refractivity contribution < 1.29 is 9.84 Å². The molecule has 1 aliphatic heterocycles. The number of benzene rings is 1. The van der Waals surface area contributed by atoms with E-state index in [1.54, 1.807) is 0 Å². The number of aromatic nitrogens is 2. The highest BCUT2D eigenvalue weighted by Crippen LogP contribution is 2.35. The lowest BCUT2D eigenvalue weighted by molar-refractivity contribution is -0.0231. The topological polar surface area (TPSA) is 58.8 Å². The number of nitrogens with zero attached hydrogens (tertiary/aromatic N) is 2. The van der Waals surface area contributed by atoms with Gasteiger partial charge in [0.2, 0.25) is 0 Å². The number of aliphatic hydroxyl groups is 1. The zero-order valence-electron chi connectivity index (χ0n) is 16.3. The van der Waals surface area contributed by atoms with Gasteiger partial charge in [0.15, 0.2) is 0 Å². The van der Waals surface area contributed by atoms with Crippen molar-refractivity contribution in [3.05, 3.63) is 54.4 Å². The third-order valence-electron chi connectivity index (χ3n) is 6.00. The fraction of sp³-hybridized carbons (Fsp3) is 0.409. The number of hydrogen-bond acceptors (Lipinski definition) is 4. The van der Waals surface area contributed by atoms with Crippen LogP contribution in [0.15, 0.2) is 48.8 Å². The Hall–Kier alpha value is -1.79. The van der Waals surface area contributed by atoms with Crippen LogP contribution in [0.25, 0.3) is 16.9 Å². The van der Waals surface area contributed by atoms with Crippen LogP contribution in [0.3, 0.4) is 0 Å². The summed E-state index contributed by atoms with van der Waals surface area (Å²) in [5.41, 5.74) is 4.09. The molecule has 0 unspecified atom stereocenters. The van der Waals surface area contributed by atoms with Crippen LogP contribution in [-0.2, 0) is 0 Å². The van der Waals surface area contributed by atoms with Crippen LogP contribution in [0.5, 0.6) is 5.75 Å². The molecular weight excluding hydrogens is 409 g/mol. The van der Waals surface area contributed by atoms with E-state index in [1.165, 1.54) is 5.56 Å². The molecule has 0 amide bonds. The number of nitrogens with one attached hydrogen (secondary N) is 1. The summed E-state index contributed by atoms with van der Waals surface area (Å²) in [6, 6.07) is 12.1. The van der Waals surface area contributed by atoms with E-state index < -0.39 is 6.10 Å². The fourth-order valence-corrected chi connectivity index (χ4v) is 4.53. The molecule has 29 heavy (non-hydrogen) atoms. The molecule has 4 atom stereocenters. The minimum atomic E-state index is -0.395. The molecule has 0 radical (unpaired) electrons. The molecule has 156 valence electrons. The van der Waals surface area contributed by atoms with Gasteiger partial charge in [0.1, 0.15) is 17.5 Å². The Kier molecular flexibility index (Phi) is 6.74. The Morgan fingerprint density at radius 2 is 1.86 bits per heavy atom. The second-order valence-corrected chi connectivity index (χ2v) is 8.00. The molecule has 1 saturated carbocycles. The Bertz CT molecular complexity index is 978. The molecule has 2 fully saturated rings. The number of rotatable bonds is 3. The van der Waals surface area contributed by atoms with Crippen LogP contribution in [0, 0.1) is 18.8 Å². The quantitative estimate of drug-likeness (QED) is 0.654. The number of halogens is 2. The van der Waals surface area contributed by atoms with E-state index >= 15 is 0 Å². The first-order valence-corrected chi connectivity index (χ1v) is 9.77. The Morgan fingerprint density at radius 3 is 2.69 bits per heavy atom. The molecule has 1 aliphatic carbocycles. The second kappa shape index (κ2) is 8.92. The van der Waals surface area contributed by atoms with Gasteiger partial charge in [0.05, 0.1) is 11.8 Å². The Balaban J connectivity index is 0.00000120. The predicted molar refractivity (Wildman–Crippen MR) is 119 cm³/mol. The minimum absolute atomic E-state index is 0. The normalized spacial score (nSPS) is 25.7. The molecule has 1 saturated heterocycles. The van der Waals surface area contributed by atoms with Gasteiger partial charge in [-0.2, -0.15) is 0 Å². The van der Waals surface area contributed by atoms with Crippen LogP contribution in [-0.4, -0.2) is 39.8 Å². The van der Waals surface area contributed by atoms with Crippen LogP contribution < -0.4 is 10.1 Å². The van der Waals surface area contributed by atoms with E-state index in [0.29, 0.717) is 11.8 Å². The van der Waals surface area contributed by atoms with Gasteiger partial charge >= 0.3 is 0 Å². The van der Waals surface area contributed by atoms with Crippen LogP contribution in [0.2, 0.25) is 0 Å². The maximum Gasteiger partial charge on any atom is 0.137 e. The van der Waals surface area contributed by atoms with Gasteiger partial charge in [-0.25, -0.2) is 4.98 Å². The lowest BCUT2D eigenvalue weighted by Crippen LogP contribution is -2.42. The Labute approximate surface area is 183 Å². The highest BCUT2D eigenvalue weighted by molar-refractivity contribution is 5.85. The number of imidazole rings is 1. The highest BCUT2D eigenvalue weighted by atomic mass is 35.5. The summed E-state index contributed by atoms with van der Waals surface area (Å²) in [5, 5.41) is 14.0. The summed E-state index contributed by atoms with van der Waals surface area (Å²) in [7, 11) is 0. The number of fused-ring (bicyclic) bond motifs is 2. The maximum absolute atomic E-state index is 10.5. The van der Waals surface area contributed by atoms with Crippen molar-refractivity contribution in [1.29, 1.82) is 0 Å². The molecule has 5 rings (SSSR count). The molecule has 5 nitrogen and oxygen atoms in total. The smallest absolute Gasteiger partial charge is 0.137 e. The lowest BCUT2D eigenvalue weighted by Gasteiger charge is -2.35. The van der Waals surface area contributed by atoms with Crippen molar-refractivity contribution in [3.8, 4) is 17.0 Å². The number of hydrogen-bond donors (Lipinski definition) is 2. The second-order valence-electron chi connectivity index (χ2n) is 8.00. The third-order valence-corrected chi connectivity index (χ3v) is 6.00. The van der Waals surface area contributed by atoms with Crippen LogP contribution in [0.4, 0.5) is 0 Å². The molecule has 3 heterocycles. The van der Waals surface area contributed by atoms with Gasteiger partial charge in [-0.3, -0.25) is 0 Å². The third kappa shape index (κ3) is 4.38. The van der Waals surface area contributed by atoms with E-state index in [2.05, 4.69) is 35.0 Å². The molecule has 0 spiro atoms. The van der Waals surface area contributed by atoms with Crippen molar-refractivity contribution in [1.82, 2.24) is 14.7 Å².